The molecule has 1 unspecified atom stereocenters. The third-order valence-electron chi connectivity index (χ3n) is 5.71. The van der Waals surface area contributed by atoms with Gasteiger partial charge in [-0.25, -0.2) is 17.4 Å². The van der Waals surface area contributed by atoms with Gasteiger partial charge in [0.05, 0.1) is 4.90 Å². The van der Waals surface area contributed by atoms with Crippen LogP contribution >= 0.6 is 0 Å². The molecular weight excluding hydrogens is 358 g/mol. The average molecular weight is 379 g/mol. The minimum absolute atomic E-state index is 0.269. The van der Waals surface area contributed by atoms with Crippen molar-refractivity contribution in [3.05, 3.63) is 66.5 Å². The summed E-state index contributed by atoms with van der Waals surface area (Å²) in [6.45, 7) is 2.16. The van der Waals surface area contributed by atoms with E-state index in [0.29, 0.717) is 11.9 Å². The van der Waals surface area contributed by atoms with Crippen LogP contribution in [0.15, 0.2) is 65.8 Å². The quantitative estimate of drug-likeness (QED) is 0.699. The van der Waals surface area contributed by atoms with Crippen molar-refractivity contribution in [2.75, 3.05) is 13.1 Å². The molecule has 0 amide bonds. The van der Waals surface area contributed by atoms with Gasteiger partial charge in [0.2, 0.25) is 0 Å². The summed E-state index contributed by atoms with van der Waals surface area (Å²) in [6.07, 6.45) is 9.21. The Kier molecular flexibility index (Phi) is 3.91. The van der Waals surface area contributed by atoms with E-state index in [9.17, 15) is 8.42 Å². The second-order valence-electron chi connectivity index (χ2n) is 7.26. The highest BCUT2D eigenvalue weighted by molar-refractivity contribution is 7.90. The number of fused-ring (bicyclic) bond motifs is 2. The molecule has 0 aromatic heterocycles. The monoisotopic (exact) mass is 379 g/mol. The predicted molar refractivity (Wildman–Crippen MR) is 105 cm³/mol. The van der Waals surface area contributed by atoms with Crippen molar-refractivity contribution in [2.45, 2.75) is 30.2 Å². The lowest BCUT2D eigenvalue weighted by Crippen LogP contribution is -2.32. The fourth-order valence-corrected chi connectivity index (χ4v) is 5.65. The molecule has 4 aliphatic heterocycles. The van der Waals surface area contributed by atoms with Gasteiger partial charge in [0.25, 0.3) is 10.0 Å². The van der Waals surface area contributed by atoms with Crippen molar-refractivity contribution < 1.29 is 8.42 Å². The Hall–Kier alpha value is -2.44. The van der Waals surface area contributed by atoms with Crippen LogP contribution in [0, 0.1) is 0 Å². The minimum Gasteiger partial charge on any atom is -0.296 e. The Morgan fingerprint density at radius 3 is 2.74 bits per heavy atom. The van der Waals surface area contributed by atoms with E-state index in [1.54, 1.807) is 36.5 Å². The summed E-state index contributed by atoms with van der Waals surface area (Å²) in [5.41, 5.74) is 3.25. The fraction of sp³-hybridized carbons (Fsp3) is 0.286. The fourth-order valence-electron chi connectivity index (χ4n) is 4.32. The summed E-state index contributed by atoms with van der Waals surface area (Å²) in [7, 11) is -3.67. The molecule has 5 nitrogen and oxygen atoms in total. The normalized spacial score (nSPS) is 20.6. The highest BCUT2D eigenvalue weighted by Gasteiger charge is 2.30. The molecule has 5 rings (SSSR count). The van der Waals surface area contributed by atoms with E-state index < -0.39 is 10.0 Å². The number of hydrogen-bond acceptors (Lipinski definition) is 4. The molecule has 27 heavy (non-hydrogen) atoms. The first-order valence-corrected chi connectivity index (χ1v) is 10.8. The summed E-state index contributed by atoms with van der Waals surface area (Å²) in [6, 6.07) is 12.9. The van der Waals surface area contributed by atoms with E-state index in [2.05, 4.69) is 16.0 Å². The Labute approximate surface area is 159 Å². The number of pyridine rings is 1. The van der Waals surface area contributed by atoms with Crippen LogP contribution in [0.3, 0.4) is 0 Å². The number of hydrogen-bond donors (Lipinski definition) is 0. The SMILES string of the molecule is O=S(=O)(c1ccccc1)n1cccc2c(C3=CCN4CCCC4C3)cnc1-2. The second kappa shape index (κ2) is 6.32. The van der Waals surface area contributed by atoms with Gasteiger partial charge in [-0.15, -0.1) is 0 Å². The van der Waals surface area contributed by atoms with Crippen molar-refractivity contribution >= 4 is 15.6 Å². The van der Waals surface area contributed by atoms with Crippen LogP contribution in [-0.4, -0.2) is 41.4 Å². The summed E-state index contributed by atoms with van der Waals surface area (Å²) < 4.78 is 27.5. The van der Waals surface area contributed by atoms with Gasteiger partial charge >= 0.3 is 0 Å². The maximum atomic E-state index is 13.1. The lowest BCUT2D eigenvalue weighted by Gasteiger charge is -2.29. The molecule has 1 atom stereocenters. The van der Waals surface area contributed by atoms with E-state index in [-0.39, 0.29) is 4.90 Å². The zero-order chi connectivity index (χ0) is 18.4. The van der Waals surface area contributed by atoms with Crippen LogP contribution in [-0.2, 0) is 10.0 Å². The third-order valence-corrected chi connectivity index (χ3v) is 7.39. The van der Waals surface area contributed by atoms with Crippen molar-refractivity contribution in [1.29, 1.82) is 0 Å². The molecule has 1 aromatic carbocycles. The lowest BCUT2D eigenvalue weighted by atomic mass is 9.93. The summed E-state index contributed by atoms with van der Waals surface area (Å²) >= 11 is 0. The first-order chi connectivity index (χ1) is 13.1. The molecule has 4 aliphatic rings. The van der Waals surface area contributed by atoms with Gasteiger partial charge in [-0.2, -0.15) is 0 Å². The van der Waals surface area contributed by atoms with Crippen molar-refractivity contribution in [2.24, 2.45) is 0 Å². The Morgan fingerprint density at radius 1 is 1.04 bits per heavy atom. The van der Waals surface area contributed by atoms with Gasteiger partial charge in [-0.1, -0.05) is 24.3 Å². The molecule has 1 aromatic rings. The number of benzene rings is 1. The molecule has 6 heteroatoms. The van der Waals surface area contributed by atoms with Gasteiger partial charge in [-0.05, 0) is 55.6 Å². The topological polar surface area (TPSA) is 55.2 Å². The Morgan fingerprint density at radius 2 is 1.89 bits per heavy atom. The van der Waals surface area contributed by atoms with Crippen LogP contribution < -0.4 is 0 Å². The number of aromatic nitrogens is 2. The summed E-state index contributed by atoms with van der Waals surface area (Å²) in [5.74, 6) is 0.492. The zero-order valence-corrected chi connectivity index (χ0v) is 15.8. The van der Waals surface area contributed by atoms with Gasteiger partial charge in [0, 0.05) is 36.1 Å². The predicted octanol–water partition coefficient (Wildman–Crippen LogP) is 3.48. The van der Waals surface area contributed by atoms with E-state index in [1.165, 1.54) is 28.9 Å². The van der Waals surface area contributed by atoms with Gasteiger partial charge in [0.1, 0.15) is 0 Å². The largest absolute Gasteiger partial charge is 0.296 e. The van der Waals surface area contributed by atoms with Crippen molar-refractivity contribution in [3.63, 3.8) is 0 Å². The van der Waals surface area contributed by atoms with E-state index >= 15 is 0 Å². The molecule has 4 heterocycles. The van der Waals surface area contributed by atoms with Crippen LogP contribution in [0.5, 0.6) is 0 Å². The third kappa shape index (κ3) is 2.71. The molecule has 0 aliphatic carbocycles. The van der Waals surface area contributed by atoms with Crippen molar-refractivity contribution in [3.8, 4) is 11.4 Å². The maximum absolute atomic E-state index is 13.1. The van der Waals surface area contributed by atoms with Crippen LogP contribution in [0.2, 0.25) is 0 Å². The second-order valence-corrected chi connectivity index (χ2v) is 9.07. The Balaban J connectivity index is 1.55. The first-order valence-electron chi connectivity index (χ1n) is 9.35. The molecule has 0 N–H and O–H groups in total. The van der Waals surface area contributed by atoms with Crippen LogP contribution in [0.4, 0.5) is 0 Å². The summed E-state index contributed by atoms with van der Waals surface area (Å²) in [5, 5.41) is 0. The highest BCUT2D eigenvalue weighted by atomic mass is 32.2. The molecule has 0 saturated carbocycles. The molecule has 1 fully saturated rings. The Bertz CT molecular complexity index is 1090. The van der Waals surface area contributed by atoms with E-state index in [4.69, 9.17) is 0 Å². The molecular formula is C21H21N3O2S. The van der Waals surface area contributed by atoms with Crippen molar-refractivity contribution in [1.82, 2.24) is 13.9 Å². The zero-order valence-electron chi connectivity index (χ0n) is 15.0. The van der Waals surface area contributed by atoms with Gasteiger partial charge in [0.15, 0.2) is 5.82 Å². The maximum Gasteiger partial charge on any atom is 0.269 e. The van der Waals surface area contributed by atoms with E-state index in [1.807, 2.05) is 18.3 Å². The molecule has 0 spiro atoms. The molecule has 0 radical (unpaired) electrons. The molecule has 0 bridgehead atoms. The van der Waals surface area contributed by atoms with Crippen LogP contribution in [0.1, 0.15) is 24.8 Å². The van der Waals surface area contributed by atoms with Gasteiger partial charge < -0.3 is 0 Å². The highest BCUT2D eigenvalue weighted by Crippen LogP contribution is 2.38. The number of rotatable bonds is 3. The average Bonchev–Trinajstić information content (AvgIpc) is 3.34. The van der Waals surface area contributed by atoms with Crippen LogP contribution in [0.25, 0.3) is 17.0 Å². The van der Waals surface area contributed by atoms with Gasteiger partial charge in [-0.3, -0.25) is 4.90 Å². The van der Waals surface area contributed by atoms with E-state index in [0.717, 1.165) is 24.1 Å². The standard InChI is InChI=1S/C21H21N3O2S/c25-27(26,18-7-2-1-3-8-18)24-12-5-9-19-20(15-22-21(19)24)16-10-13-23-11-4-6-17(23)14-16/h1-3,5,7-10,12,15,17H,4,6,11,13-14H2. The number of nitrogens with zero attached hydrogens (tertiary/aromatic N) is 3. The molecule has 138 valence electrons. The first kappa shape index (κ1) is 16.7. The smallest absolute Gasteiger partial charge is 0.269 e. The molecule has 1 saturated heterocycles. The lowest BCUT2D eigenvalue weighted by molar-refractivity contribution is 0.275. The minimum atomic E-state index is -3.67. The summed E-state index contributed by atoms with van der Waals surface area (Å²) in [4.78, 5) is 7.30.